The summed E-state index contributed by atoms with van der Waals surface area (Å²) in [5, 5.41) is 9.48. The van der Waals surface area contributed by atoms with Crippen molar-refractivity contribution in [2.75, 3.05) is 19.6 Å². The van der Waals surface area contributed by atoms with Crippen LogP contribution in [0.2, 0.25) is 5.15 Å². The summed E-state index contributed by atoms with van der Waals surface area (Å²) in [6, 6.07) is 2.36. The zero-order chi connectivity index (χ0) is 24.2. The number of piperazine rings is 1. The van der Waals surface area contributed by atoms with Crippen LogP contribution in [0.25, 0.3) is 16.8 Å². The summed E-state index contributed by atoms with van der Waals surface area (Å²) >= 11 is 6.35. The number of nitrogens with zero attached hydrogens (tertiary/aromatic N) is 4. The van der Waals surface area contributed by atoms with Crippen molar-refractivity contribution in [2.45, 2.75) is 37.6 Å². The van der Waals surface area contributed by atoms with Gasteiger partial charge in [-0.1, -0.05) is 11.6 Å². The third-order valence-corrected chi connectivity index (χ3v) is 6.75. The lowest BCUT2D eigenvalue weighted by atomic mass is 10.1. The van der Waals surface area contributed by atoms with E-state index in [0.717, 1.165) is 10.5 Å². The van der Waals surface area contributed by atoms with E-state index in [0.29, 0.717) is 24.8 Å². The second kappa shape index (κ2) is 8.31. The lowest BCUT2D eigenvalue weighted by Gasteiger charge is -2.37. The number of rotatable bonds is 3. The number of hydrogen-bond acceptors (Lipinski definition) is 5. The van der Waals surface area contributed by atoms with E-state index in [1.54, 1.807) is 4.90 Å². The first kappa shape index (κ1) is 22.7. The standard InChI is InChI=1S/C22H20ClF3N4O4/c23-19-18(21(33)28-4-5-29(17(32)10-28)14-1-2-15(31)8-14)27-20-16(22(24,25)26)7-13(9-30(19)20)12-3-6-34-11-12/h3,6-7,9,11,14-15,31H,1-2,4-5,8,10H2/t14-,15-/m0/s1. The van der Waals surface area contributed by atoms with Crippen LogP contribution in [-0.4, -0.2) is 67.9 Å². The SMILES string of the molecule is O=C(c1nc2c(C(F)(F)F)cc(-c3ccoc3)cn2c1Cl)N1CCN([C@H]2CC[C@H](O)C2)C(=O)C1. The van der Waals surface area contributed by atoms with Crippen LogP contribution in [0.5, 0.6) is 0 Å². The molecule has 2 atom stereocenters. The largest absolute Gasteiger partial charge is 0.472 e. The van der Waals surface area contributed by atoms with Gasteiger partial charge >= 0.3 is 6.18 Å². The average Bonchev–Trinajstić information content (AvgIpc) is 3.53. The van der Waals surface area contributed by atoms with E-state index in [-0.39, 0.29) is 48.0 Å². The van der Waals surface area contributed by atoms with Crippen molar-refractivity contribution in [3.63, 3.8) is 0 Å². The van der Waals surface area contributed by atoms with Gasteiger partial charge in [0.2, 0.25) is 5.91 Å². The van der Waals surface area contributed by atoms with Crippen molar-refractivity contribution in [1.29, 1.82) is 0 Å². The molecule has 8 nitrogen and oxygen atoms in total. The summed E-state index contributed by atoms with van der Waals surface area (Å²) in [7, 11) is 0. The lowest BCUT2D eigenvalue weighted by Crippen LogP contribution is -2.55. The molecule has 12 heteroatoms. The van der Waals surface area contributed by atoms with Crippen LogP contribution in [0.4, 0.5) is 13.2 Å². The fourth-order valence-electron chi connectivity index (χ4n) is 4.66. The van der Waals surface area contributed by atoms with Crippen molar-refractivity contribution >= 4 is 29.1 Å². The summed E-state index contributed by atoms with van der Waals surface area (Å²) < 4.78 is 47.5. The van der Waals surface area contributed by atoms with Gasteiger partial charge in [-0.3, -0.25) is 14.0 Å². The first-order valence-corrected chi connectivity index (χ1v) is 11.1. The Morgan fingerprint density at radius 1 is 1.24 bits per heavy atom. The van der Waals surface area contributed by atoms with Gasteiger partial charge < -0.3 is 19.3 Å². The highest BCUT2D eigenvalue weighted by Crippen LogP contribution is 2.37. The molecule has 3 aromatic rings. The molecule has 34 heavy (non-hydrogen) atoms. The summed E-state index contributed by atoms with van der Waals surface area (Å²) in [4.78, 5) is 32.7. The maximum absolute atomic E-state index is 13.8. The Bertz CT molecular complexity index is 1260. The number of alkyl halides is 3. The summed E-state index contributed by atoms with van der Waals surface area (Å²) in [6.45, 7) is 0.223. The van der Waals surface area contributed by atoms with Crippen molar-refractivity contribution < 1.29 is 32.3 Å². The molecule has 5 rings (SSSR count). The fourth-order valence-corrected chi connectivity index (χ4v) is 4.91. The summed E-state index contributed by atoms with van der Waals surface area (Å²) in [5.41, 5.74) is -1.31. The second-order valence-corrected chi connectivity index (χ2v) is 8.89. The summed E-state index contributed by atoms with van der Waals surface area (Å²) in [5.74, 6) is -0.997. The molecule has 0 bridgehead atoms. The van der Waals surface area contributed by atoms with Crippen LogP contribution >= 0.6 is 11.6 Å². The van der Waals surface area contributed by atoms with E-state index >= 15 is 0 Å². The monoisotopic (exact) mass is 496 g/mol. The van der Waals surface area contributed by atoms with Gasteiger partial charge in [0.15, 0.2) is 11.3 Å². The van der Waals surface area contributed by atoms with Crippen LogP contribution in [0, 0.1) is 0 Å². The van der Waals surface area contributed by atoms with Gasteiger partial charge in [0, 0.05) is 36.5 Å². The number of aliphatic hydroxyl groups is 1. The number of fused-ring (bicyclic) bond motifs is 1. The molecule has 4 heterocycles. The van der Waals surface area contributed by atoms with E-state index in [1.807, 2.05) is 0 Å². The molecule has 2 fully saturated rings. The maximum atomic E-state index is 13.8. The highest BCUT2D eigenvalue weighted by atomic mass is 35.5. The van der Waals surface area contributed by atoms with Gasteiger partial charge in [0.05, 0.1) is 24.2 Å². The normalized spacial score (nSPS) is 21.6. The van der Waals surface area contributed by atoms with Gasteiger partial charge in [-0.25, -0.2) is 4.98 Å². The van der Waals surface area contributed by atoms with Crippen molar-refractivity contribution in [3.8, 4) is 11.1 Å². The van der Waals surface area contributed by atoms with E-state index < -0.39 is 29.4 Å². The Labute approximate surface area is 196 Å². The van der Waals surface area contributed by atoms with Crippen LogP contribution < -0.4 is 0 Å². The Morgan fingerprint density at radius 2 is 2.03 bits per heavy atom. The Hall–Kier alpha value is -3.05. The number of amides is 2. The van der Waals surface area contributed by atoms with Crippen molar-refractivity contribution in [3.05, 3.63) is 47.3 Å². The number of halogens is 4. The molecule has 1 saturated heterocycles. The molecule has 1 aliphatic carbocycles. The molecule has 0 spiro atoms. The number of furan rings is 1. The smallest absolute Gasteiger partial charge is 0.420 e. The van der Waals surface area contributed by atoms with Crippen molar-refractivity contribution in [2.24, 2.45) is 0 Å². The summed E-state index contributed by atoms with van der Waals surface area (Å²) in [6.07, 6.45) is 0.613. The number of aromatic nitrogens is 2. The zero-order valence-corrected chi connectivity index (χ0v) is 18.5. The third kappa shape index (κ3) is 3.92. The molecule has 1 saturated carbocycles. The molecular formula is C22H20ClF3N4O4. The Balaban J connectivity index is 1.46. The molecule has 3 aromatic heterocycles. The molecule has 0 unspecified atom stereocenters. The molecule has 180 valence electrons. The van der Waals surface area contributed by atoms with Crippen molar-refractivity contribution in [1.82, 2.24) is 19.2 Å². The molecule has 0 aromatic carbocycles. The van der Waals surface area contributed by atoms with E-state index in [1.165, 1.54) is 29.7 Å². The first-order chi connectivity index (χ1) is 16.1. The number of aliphatic hydroxyl groups excluding tert-OH is 1. The molecular weight excluding hydrogens is 477 g/mol. The van der Waals surface area contributed by atoms with E-state index in [9.17, 15) is 27.9 Å². The van der Waals surface area contributed by atoms with Crippen LogP contribution in [-0.2, 0) is 11.0 Å². The second-order valence-electron chi connectivity index (χ2n) is 8.53. The topological polar surface area (TPSA) is 91.3 Å². The highest BCUT2D eigenvalue weighted by Gasteiger charge is 2.39. The highest BCUT2D eigenvalue weighted by molar-refractivity contribution is 6.33. The lowest BCUT2D eigenvalue weighted by molar-refractivity contribution is -0.138. The van der Waals surface area contributed by atoms with Gasteiger partial charge in [-0.2, -0.15) is 13.2 Å². The van der Waals surface area contributed by atoms with Crippen LogP contribution in [0.15, 0.2) is 35.3 Å². The maximum Gasteiger partial charge on any atom is 0.420 e. The molecule has 1 N–H and O–H groups in total. The predicted octanol–water partition coefficient (Wildman–Crippen LogP) is 3.46. The van der Waals surface area contributed by atoms with E-state index in [4.69, 9.17) is 16.0 Å². The molecule has 2 aliphatic rings. The Kier molecular flexibility index (Phi) is 5.56. The number of pyridine rings is 1. The molecule has 2 amide bonds. The van der Waals surface area contributed by atoms with Crippen LogP contribution in [0.3, 0.4) is 0 Å². The minimum absolute atomic E-state index is 0.0748. The first-order valence-electron chi connectivity index (χ1n) is 10.7. The Morgan fingerprint density at radius 3 is 2.65 bits per heavy atom. The number of carbonyl (C=O) groups is 2. The fraction of sp³-hybridized carbons (Fsp3) is 0.409. The predicted molar refractivity (Wildman–Crippen MR) is 114 cm³/mol. The minimum Gasteiger partial charge on any atom is -0.472 e. The molecule has 1 aliphatic heterocycles. The number of carbonyl (C=O) groups excluding carboxylic acids is 2. The van der Waals surface area contributed by atoms with Gasteiger partial charge in [0.1, 0.15) is 11.7 Å². The van der Waals surface area contributed by atoms with E-state index in [2.05, 4.69) is 4.98 Å². The third-order valence-electron chi connectivity index (χ3n) is 6.39. The van der Waals surface area contributed by atoms with Gasteiger partial charge in [-0.15, -0.1) is 0 Å². The molecule has 0 radical (unpaired) electrons. The number of hydrogen-bond donors (Lipinski definition) is 1. The average molecular weight is 497 g/mol. The quantitative estimate of drug-likeness (QED) is 0.599. The zero-order valence-electron chi connectivity index (χ0n) is 17.8. The van der Waals surface area contributed by atoms with Crippen LogP contribution in [0.1, 0.15) is 35.3 Å². The number of imidazole rings is 1. The minimum atomic E-state index is -4.75. The van der Waals surface area contributed by atoms with Gasteiger partial charge in [0.25, 0.3) is 5.91 Å². The van der Waals surface area contributed by atoms with Gasteiger partial charge in [-0.05, 0) is 31.4 Å².